The summed E-state index contributed by atoms with van der Waals surface area (Å²) < 4.78 is 10.6. The van der Waals surface area contributed by atoms with Gasteiger partial charge in [-0.2, -0.15) is 0 Å². The van der Waals surface area contributed by atoms with Crippen LogP contribution in [0.1, 0.15) is 66.3 Å². The van der Waals surface area contributed by atoms with Gasteiger partial charge >= 0.3 is 12.2 Å². The Morgan fingerprint density at radius 3 is 2.11 bits per heavy atom. The molecule has 4 amide bonds. The normalized spacial score (nSPS) is 13.7. The fraction of sp³-hybridized carbons (Fsp3) is 0.407. The highest BCUT2D eigenvalue weighted by Crippen LogP contribution is 2.23. The minimum absolute atomic E-state index is 0.0259. The molecule has 2 N–H and O–H groups in total. The molecule has 9 heteroatoms. The van der Waals surface area contributed by atoms with Crippen molar-refractivity contribution < 1.29 is 28.7 Å². The lowest BCUT2D eigenvalue weighted by molar-refractivity contribution is 0.0463. The molecule has 0 fully saturated rings. The van der Waals surface area contributed by atoms with Gasteiger partial charge in [0.25, 0.3) is 11.8 Å². The van der Waals surface area contributed by atoms with Crippen LogP contribution in [0.4, 0.5) is 9.59 Å². The maximum Gasteiger partial charge on any atom is 0.407 e. The lowest BCUT2D eigenvalue weighted by Gasteiger charge is -2.26. The molecule has 0 aliphatic carbocycles. The molecule has 0 spiro atoms. The number of fused-ring (bicyclic) bond motifs is 1. The molecule has 0 bridgehead atoms. The van der Waals surface area contributed by atoms with E-state index >= 15 is 0 Å². The van der Waals surface area contributed by atoms with Crippen LogP contribution in [0.25, 0.3) is 0 Å². The number of nitrogens with one attached hydrogen (secondary N) is 2. The van der Waals surface area contributed by atoms with Gasteiger partial charge in [0.2, 0.25) is 0 Å². The molecule has 192 valence electrons. The maximum absolute atomic E-state index is 12.8. The summed E-state index contributed by atoms with van der Waals surface area (Å²) in [7, 11) is 0. The number of rotatable bonds is 10. The third-order valence-electron chi connectivity index (χ3n) is 5.46. The zero-order chi connectivity index (χ0) is 26.1. The van der Waals surface area contributed by atoms with E-state index in [4.69, 9.17) is 9.47 Å². The van der Waals surface area contributed by atoms with Crippen LogP contribution < -0.4 is 10.6 Å². The second-order valence-electron chi connectivity index (χ2n) is 9.59. The molecule has 0 saturated carbocycles. The second-order valence-corrected chi connectivity index (χ2v) is 9.59. The molecule has 1 atom stereocenters. The highest BCUT2D eigenvalue weighted by atomic mass is 16.6. The topological polar surface area (TPSA) is 114 Å². The number of ether oxygens (including phenoxy) is 2. The highest BCUT2D eigenvalue weighted by Gasteiger charge is 2.36. The average Bonchev–Trinajstić information content (AvgIpc) is 3.07. The molecule has 2 aromatic rings. The van der Waals surface area contributed by atoms with Crippen LogP contribution >= 0.6 is 0 Å². The van der Waals surface area contributed by atoms with Gasteiger partial charge in [-0.3, -0.25) is 14.5 Å². The van der Waals surface area contributed by atoms with Crippen LogP contribution in [0, 0.1) is 0 Å². The number of unbranched alkanes of at least 4 members (excludes halogenated alkanes) is 1. The largest absolute Gasteiger partial charge is 0.445 e. The number of benzene rings is 2. The number of carbonyl (C=O) groups is 4. The van der Waals surface area contributed by atoms with Crippen molar-refractivity contribution in [2.75, 3.05) is 13.1 Å². The summed E-state index contributed by atoms with van der Waals surface area (Å²) in [6.45, 7) is 5.88. The summed E-state index contributed by atoms with van der Waals surface area (Å²) in [5.41, 5.74) is 0.930. The first-order valence-corrected chi connectivity index (χ1v) is 12.0. The van der Waals surface area contributed by atoms with Gasteiger partial charge in [0.1, 0.15) is 12.2 Å². The first-order chi connectivity index (χ1) is 17.1. The number of nitrogens with zero attached hydrogens (tertiary/aromatic N) is 1. The van der Waals surface area contributed by atoms with E-state index in [9.17, 15) is 19.2 Å². The van der Waals surface area contributed by atoms with Gasteiger partial charge in [-0.1, -0.05) is 42.5 Å². The van der Waals surface area contributed by atoms with Crippen molar-refractivity contribution >= 4 is 24.0 Å². The summed E-state index contributed by atoms with van der Waals surface area (Å²) in [5.74, 6) is -0.760. The summed E-state index contributed by atoms with van der Waals surface area (Å²) in [6, 6.07) is 15.5. The van der Waals surface area contributed by atoms with Gasteiger partial charge < -0.3 is 20.1 Å². The zero-order valence-electron chi connectivity index (χ0n) is 20.9. The molecule has 1 aliphatic rings. The summed E-state index contributed by atoms with van der Waals surface area (Å²) >= 11 is 0. The molecule has 1 aliphatic heterocycles. The first-order valence-electron chi connectivity index (χ1n) is 12.0. The first kappa shape index (κ1) is 26.7. The second kappa shape index (κ2) is 12.2. The quantitative estimate of drug-likeness (QED) is 0.376. The number of alkyl carbamates (subject to hydrolysis) is 2. The molecule has 3 rings (SSSR count). The standard InChI is InChI=1S/C27H33N3O6/c1-27(2,3)36-26(34)29-20(17-30-23(31)21-14-7-8-15-22(21)24(30)32)13-9-10-16-28-25(33)35-18-19-11-5-4-6-12-19/h4-8,11-12,14-15,20H,9-10,13,16-18H2,1-3H3,(H,28,33)(H,29,34)/t20-/m0/s1. The fourth-order valence-corrected chi connectivity index (χ4v) is 3.79. The lowest BCUT2D eigenvalue weighted by atomic mass is 10.1. The molecule has 0 unspecified atom stereocenters. The molecule has 36 heavy (non-hydrogen) atoms. The van der Waals surface area contributed by atoms with Gasteiger partial charge in [0.05, 0.1) is 17.2 Å². The van der Waals surface area contributed by atoms with Crippen LogP contribution in [0.2, 0.25) is 0 Å². The van der Waals surface area contributed by atoms with E-state index in [0.717, 1.165) is 10.5 Å². The van der Waals surface area contributed by atoms with E-state index in [2.05, 4.69) is 10.6 Å². The lowest BCUT2D eigenvalue weighted by Crippen LogP contribution is -2.47. The highest BCUT2D eigenvalue weighted by molar-refractivity contribution is 6.21. The number of hydrogen-bond acceptors (Lipinski definition) is 6. The van der Waals surface area contributed by atoms with E-state index in [0.29, 0.717) is 36.9 Å². The SMILES string of the molecule is CC(C)(C)OC(=O)N[C@@H](CCCCNC(=O)OCc1ccccc1)CN1C(=O)c2ccccc2C1=O. The minimum atomic E-state index is -0.686. The van der Waals surface area contributed by atoms with Gasteiger partial charge in [-0.15, -0.1) is 0 Å². The van der Waals surface area contributed by atoms with E-state index in [-0.39, 0.29) is 25.0 Å². The van der Waals surface area contributed by atoms with Crippen molar-refractivity contribution in [3.05, 3.63) is 71.3 Å². The van der Waals surface area contributed by atoms with Gasteiger partial charge in [0.15, 0.2) is 0 Å². The molecular weight excluding hydrogens is 462 g/mol. The molecule has 1 heterocycles. The monoisotopic (exact) mass is 495 g/mol. The minimum Gasteiger partial charge on any atom is -0.445 e. The summed E-state index contributed by atoms with van der Waals surface area (Å²) in [6.07, 6.45) is 0.602. The summed E-state index contributed by atoms with van der Waals surface area (Å²) in [4.78, 5) is 51.0. The Kier molecular flexibility index (Phi) is 9.05. The van der Waals surface area contributed by atoms with Crippen LogP contribution in [-0.4, -0.2) is 53.6 Å². The predicted octanol–water partition coefficient (Wildman–Crippen LogP) is 4.27. The van der Waals surface area contributed by atoms with Crippen molar-refractivity contribution in [3.8, 4) is 0 Å². The Bertz CT molecular complexity index is 1050. The number of amides is 4. The molecule has 0 radical (unpaired) electrons. The Labute approximate surface area is 211 Å². The van der Waals surface area contributed by atoms with E-state index in [1.807, 2.05) is 30.3 Å². The Hall–Kier alpha value is -3.88. The van der Waals surface area contributed by atoms with Crippen LogP contribution in [0.5, 0.6) is 0 Å². The molecule has 0 aromatic heterocycles. The molecule has 2 aromatic carbocycles. The number of imide groups is 1. The van der Waals surface area contributed by atoms with E-state index < -0.39 is 23.8 Å². The van der Waals surface area contributed by atoms with Crippen LogP contribution in [0.3, 0.4) is 0 Å². The number of hydrogen-bond donors (Lipinski definition) is 2. The average molecular weight is 496 g/mol. The third-order valence-corrected chi connectivity index (χ3v) is 5.46. The smallest absolute Gasteiger partial charge is 0.407 e. The van der Waals surface area contributed by atoms with Gasteiger partial charge in [-0.05, 0) is 57.7 Å². The van der Waals surface area contributed by atoms with Crippen molar-refractivity contribution in [1.29, 1.82) is 0 Å². The van der Waals surface area contributed by atoms with Crippen molar-refractivity contribution in [2.24, 2.45) is 0 Å². The Morgan fingerprint density at radius 1 is 0.889 bits per heavy atom. The van der Waals surface area contributed by atoms with Crippen LogP contribution in [-0.2, 0) is 16.1 Å². The van der Waals surface area contributed by atoms with Gasteiger partial charge in [-0.25, -0.2) is 9.59 Å². The Balaban J connectivity index is 1.49. The zero-order valence-corrected chi connectivity index (χ0v) is 20.9. The van der Waals surface area contributed by atoms with Crippen molar-refractivity contribution in [3.63, 3.8) is 0 Å². The molecular formula is C27H33N3O6. The maximum atomic E-state index is 12.8. The molecule has 9 nitrogen and oxygen atoms in total. The molecule has 0 saturated heterocycles. The third kappa shape index (κ3) is 7.83. The van der Waals surface area contributed by atoms with E-state index in [1.54, 1.807) is 45.0 Å². The number of carbonyl (C=O) groups excluding carboxylic acids is 4. The van der Waals surface area contributed by atoms with E-state index in [1.165, 1.54) is 0 Å². The summed E-state index contributed by atoms with van der Waals surface area (Å²) in [5, 5.41) is 5.49. The van der Waals surface area contributed by atoms with Gasteiger partial charge in [0, 0.05) is 13.1 Å². The Morgan fingerprint density at radius 2 is 1.50 bits per heavy atom. The van der Waals surface area contributed by atoms with Crippen molar-refractivity contribution in [1.82, 2.24) is 15.5 Å². The fourth-order valence-electron chi connectivity index (χ4n) is 3.79. The predicted molar refractivity (Wildman–Crippen MR) is 133 cm³/mol. The van der Waals surface area contributed by atoms with Crippen molar-refractivity contribution in [2.45, 2.75) is 58.3 Å². The van der Waals surface area contributed by atoms with Crippen LogP contribution in [0.15, 0.2) is 54.6 Å².